The van der Waals surface area contributed by atoms with Crippen molar-refractivity contribution in [3.8, 4) is 0 Å². The van der Waals surface area contributed by atoms with E-state index in [1.54, 1.807) is 7.05 Å². The van der Waals surface area contributed by atoms with Gasteiger partial charge in [-0.3, -0.25) is 4.57 Å². The number of para-hydroxylation sites is 1. The first-order chi connectivity index (χ1) is 9.65. The number of benzene rings is 2. The third-order valence-electron chi connectivity index (χ3n) is 3.01. The zero-order valence-corrected chi connectivity index (χ0v) is 12.3. The maximum Gasteiger partial charge on any atom is 0.420 e. The second-order valence-electron chi connectivity index (χ2n) is 4.34. The topological polar surface area (TPSA) is 47.5 Å². The molecule has 100 valence electrons. The molecule has 0 aliphatic rings. The molecule has 0 fully saturated rings. The van der Waals surface area contributed by atoms with Crippen molar-refractivity contribution in [1.82, 2.24) is 4.57 Å². The molecule has 0 aliphatic carbocycles. The average molecular weight is 331 g/mol. The minimum Gasteiger partial charge on any atom is -0.390 e. The van der Waals surface area contributed by atoms with Gasteiger partial charge in [0.1, 0.15) is 0 Å². The highest BCUT2D eigenvalue weighted by atomic mass is 79.9. The lowest BCUT2D eigenvalue weighted by Gasteiger charge is -2.03. The Morgan fingerprint density at radius 3 is 2.55 bits per heavy atom. The fraction of sp³-hybridized carbons (Fsp3) is 0.0667. The third-order valence-corrected chi connectivity index (χ3v) is 3.54. The molecule has 0 N–H and O–H groups in total. The van der Waals surface area contributed by atoms with E-state index in [4.69, 9.17) is 4.42 Å². The van der Waals surface area contributed by atoms with Gasteiger partial charge in [-0.25, -0.2) is 9.79 Å². The number of aromatic nitrogens is 1. The molecule has 0 spiro atoms. The number of rotatable bonds is 1. The van der Waals surface area contributed by atoms with Gasteiger partial charge in [0.05, 0.1) is 16.6 Å². The van der Waals surface area contributed by atoms with Crippen LogP contribution < -0.4 is 11.3 Å². The fourth-order valence-electron chi connectivity index (χ4n) is 1.97. The number of aryl methyl sites for hydroxylation is 1. The minimum absolute atomic E-state index is 0.325. The van der Waals surface area contributed by atoms with Crippen molar-refractivity contribution in [2.24, 2.45) is 12.0 Å². The quantitative estimate of drug-likeness (QED) is 0.688. The molecule has 0 aliphatic heterocycles. The molecule has 3 rings (SSSR count). The van der Waals surface area contributed by atoms with E-state index < -0.39 is 5.76 Å². The Kier molecular flexibility index (Phi) is 3.28. The maximum absolute atomic E-state index is 11.8. The Balaban J connectivity index is 2.34. The Bertz CT molecular complexity index is 892. The summed E-state index contributed by atoms with van der Waals surface area (Å²) in [6.07, 6.45) is 0. The zero-order chi connectivity index (χ0) is 14.1. The zero-order valence-electron chi connectivity index (χ0n) is 10.7. The van der Waals surface area contributed by atoms with Gasteiger partial charge in [0, 0.05) is 11.5 Å². The van der Waals surface area contributed by atoms with Crippen molar-refractivity contribution >= 4 is 32.5 Å². The van der Waals surface area contributed by atoms with Crippen molar-refractivity contribution < 1.29 is 4.42 Å². The molecule has 0 bridgehead atoms. The van der Waals surface area contributed by atoms with Gasteiger partial charge in [0.2, 0.25) is 5.55 Å². The summed E-state index contributed by atoms with van der Waals surface area (Å²) in [5.74, 6) is -0.431. The number of nitrogens with zero attached hydrogens (tertiary/aromatic N) is 2. The molecule has 0 saturated carbocycles. The van der Waals surface area contributed by atoms with E-state index in [0.29, 0.717) is 5.55 Å². The molecule has 3 aromatic rings. The normalized spacial score (nSPS) is 12.0. The van der Waals surface area contributed by atoms with E-state index in [-0.39, 0.29) is 0 Å². The van der Waals surface area contributed by atoms with E-state index in [9.17, 15) is 4.79 Å². The van der Waals surface area contributed by atoms with Crippen LogP contribution >= 0.6 is 15.9 Å². The van der Waals surface area contributed by atoms with E-state index in [0.717, 1.165) is 21.1 Å². The first-order valence-corrected chi connectivity index (χ1v) is 6.83. The highest BCUT2D eigenvalue weighted by Gasteiger charge is 2.04. The molecule has 0 amide bonds. The molecule has 4 nitrogen and oxygen atoms in total. The van der Waals surface area contributed by atoms with E-state index in [1.165, 1.54) is 4.57 Å². The smallest absolute Gasteiger partial charge is 0.390 e. The van der Waals surface area contributed by atoms with Crippen LogP contribution in [0.3, 0.4) is 0 Å². The van der Waals surface area contributed by atoms with Gasteiger partial charge in [-0.2, -0.15) is 0 Å². The number of fused-ring (bicyclic) bond motifs is 1. The SMILES string of the molecule is Cn1c(=O)oc(=Nc2ccc(Br)cc2)c2ccccc21. The van der Waals surface area contributed by atoms with Crippen molar-refractivity contribution in [3.63, 3.8) is 0 Å². The number of hydrogen-bond donors (Lipinski definition) is 0. The highest BCUT2D eigenvalue weighted by molar-refractivity contribution is 9.10. The fourth-order valence-corrected chi connectivity index (χ4v) is 2.23. The molecule has 5 heteroatoms. The maximum atomic E-state index is 11.8. The molecule has 2 aromatic carbocycles. The summed E-state index contributed by atoms with van der Waals surface area (Å²) < 4.78 is 7.73. The monoisotopic (exact) mass is 330 g/mol. The highest BCUT2D eigenvalue weighted by Crippen LogP contribution is 2.16. The van der Waals surface area contributed by atoms with Gasteiger partial charge in [-0.05, 0) is 36.4 Å². The van der Waals surface area contributed by atoms with Gasteiger partial charge in [0.25, 0.3) is 0 Å². The lowest BCUT2D eigenvalue weighted by molar-refractivity contribution is 0.423. The lowest BCUT2D eigenvalue weighted by Crippen LogP contribution is -2.22. The van der Waals surface area contributed by atoms with Crippen LogP contribution in [0, 0.1) is 0 Å². The van der Waals surface area contributed by atoms with E-state index in [1.807, 2.05) is 48.5 Å². The van der Waals surface area contributed by atoms with Gasteiger partial charge in [0.15, 0.2) is 0 Å². The van der Waals surface area contributed by atoms with Crippen molar-refractivity contribution in [1.29, 1.82) is 0 Å². The second-order valence-corrected chi connectivity index (χ2v) is 5.25. The van der Waals surface area contributed by atoms with Crippen LogP contribution in [0.1, 0.15) is 0 Å². The molecule has 0 unspecified atom stereocenters. The van der Waals surface area contributed by atoms with Crippen LogP contribution in [0.4, 0.5) is 5.69 Å². The molecule has 1 aromatic heterocycles. The third kappa shape index (κ3) is 2.32. The molecule has 1 heterocycles. The van der Waals surface area contributed by atoms with Crippen LogP contribution in [0.2, 0.25) is 0 Å². The summed E-state index contributed by atoms with van der Waals surface area (Å²) in [5, 5.41) is 0.803. The van der Waals surface area contributed by atoms with Crippen LogP contribution in [-0.2, 0) is 7.05 Å². The number of hydrogen-bond acceptors (Lipinski definition) is 3. The lowest BCUT2D eigenvalue weighted by atomic mass is 10.2. The van der Waals surface area contributed by atoms with Gasteiger partial charge in [-0.15, -0.1) is 0 Å². The second kappa shape index (κ2) is 5.09. The Morgan fingerprint density at radius 2 is 1.80 bits per heavy atom. The molecule has 20 heavy (non-hydrogen) atoms. The standard InChI is InChI=1S/C15H11BrN2O2/c1-18-13-5-3-2-4-12(13)14(20-15(18)19)17-11-8-6-10(16)7-9-11/h2-9H,1H3. The summed E-state index contributed by atoms with van der Waals surface area (Å²) in [7, 11) is 1.68. The molecule has 0 saturated heterocycles. The first kappa shape index (κ1) is 12.9. The van der Waals surface area contributed by atoms with Crippen LogP contribution in [-0.4, -0.2) is 4.57 Å². The predicted octanol–water partition coefficient (Wildman–Crippen LogP) is 3.13. The summed E-state index contributed by atoms with van der Waals surface area (Å²) in [4.78, 5) is 16.2. The average Bonchev–Trinajstić information content (AvgIpc) is 2.47. The van der Waals surface area contributed by atoms with E-state index >= 15 is 0 Å². The Labute approximate surface area is 123 Å². The minimum atomic E-state index is -0.431. The Morgan fingerprint density at radius 1 is 1.10 bits per heavy atom. The summed E-state index contributed by atoms with van der Waals surface area (Å²) in [5.41, 5.74) is 1.85. The van der Waals surface area contributed by atoms with Gasteiger partial charge >= 0.3 is 5.76 Å². The summed E-state index contributed by atoms with van der Waals surface area (Å²) >= 11 is 3.37. The molecular formula is C15H11BrN2O2. The Hall–Kier alpha value is -2.14. The van der Waals surface area contributed by atoms with Gasteiger partial charge in [-0.1, -0.05) is 28.1 Å². The first-order valence-electron chi connectivity index (χ1n) is 6.04. The summed E-state index contributed by atoms with van der Waals surface area (Å²) in [6, 6.07) is 15.0. The van der Waals surface area contributed by atoms with Crippen molar-refractivity contribution in [3.05, 3.63) is 69.1 Å². The van der Waals surface area contributed by atoms with Gasteiger partial charge < -0.3 is 4.42 Å². The molecule has 0 atom stereocenters. The molecular weight excluding hydrogens is 320 g/mol. The largest absolute Gasteiger partial charge is 0.420 e. The van der Waals surface area contributed by atoms with E-state index in [2.05, 4.69) is 20.9 Å². The summed E-state index contributed by atoms with van der Waals surface area (Å²) in [6.45, 7) is 0. The van der Waals surface area contributed by atoms with Crippen LogP contribution in [0.25, 0.3) is 10.9 Å². The van der Waals surface area contributed by atoms with Crippen molar-refractivity contribution in [2.75, 3.05) is 0 Å². The number of halogens is 1. The predicted molar refractivity (Wildman–Crippen MR) is 80.8 cm³/mol. The molecule has 0 radical (unpaired) electrons. The van der Waals surface area contributed by atoms with Crippen LogP contribution in [0.15, 0.2) is 67.2 Å². The van der Waals surface area contributed by atoms with Crippen molar-refractivity contribution in [2.45, 2.75) is 0 Å². The van der Waals surface area contributed by atoms with Crippen LogP contribution in [0.5, 0.6) is 0 Å².